The van der Waals surface area contributed by atoms with Gasteiger partial charge < -0.3 is 25.2 Å². The smallest absolute Gasteiger partial charge is 0.265 e. The van der Waals surface area contributed by atoms with Crippen molar-refractivity contribution in [2.45, 2.75) is 13.0 Å². The zero-order valence-corrected chi connectivity index (χ0v) is 17.2. The lowest BCUT2D eigenvalue weighted by Crippen LogP contribution is -2.46. The summed E-state index contributed by atoms with van der Waals surface area (Å²) in [6.07, 6.45) is 2.11. The molecule has 0 bridgehead atoms. The quantitative estimate of drug-likeness (QED) is 0.578. The molecule has 2 aromatic heterocycles. The molecule has 0 saturated carbocycles. The van der Waals surface area contributed by atoms with Crippen molar-refractivity contribution in [3.05, 3.63) is 45.7 Å². The summed E-state index contributed by atoms with van der Waals surface area (Å²) in [4.78, 5) is 27.2. The van der Waals surface area contributed by atoms with Gasteiger partial charge in [-0.25, -0.2) is 0 Å². The van der Waals surface area contributed by atoms with Gasteiger partial charge in [-0.1, -0.05) is 23.7 Å². The molecule has 1 aliphatic rings. The third kappa shape index (κ3) is 4.24. The van der Waals surface area contributed by atoms with Crippen LogP contribution in [0.1, 0.15) is 16.1 Å². The second kappa shape index (κ2) is 8.44. The Kier molecular flexibility index (Phi) is 5.75. The first-order valence-corrected chi connectivity index (χ1v) is 10.6. The van der Waals surface area contributed by atoms with Crippen LogP contribution in [0.2, 0.25) is 4.34 Å². The molecule has 152 valence electrons. The summed E-state index contributed by atoms with van der Waals surface area (Å²) in [5, 5.41) is 18.2. The molecule has 0 unspecified atom stereocenters. The van der Waals surface area contributed by atoms with Gasteiger partial charge in [0.25, 0.3) is 5.91 Å². The van der Waals surface area contributed by atoms with Gasteiger partial charge in [0, 0.05) is 50.7 Å². The number of thiophene rings is 1. The van der Waals surface area contributed by atoms with E-state index in [-0.39, 0.29) is 17.7 Å². The Morgan fingerprint density at radius 3 is 2.72 bits per heavy atom. The molecule has 1 saturated heterocycles. The number of nitrogens with one attached hydrogen (secondary N) is 2. The fraction of sp³-hybridized carbons (Fsp3) is 0.300. The van der Waals surface area contributed by atoms with Crippen LogP contribution in [0, 0.1) is 0 Å². The Labute approximate surface area is 176 Å². The van der Waals surface area contributed by atoms with Crippen LogP contribution < -0.4 is 10.6 Å². The van der Waals surface area contributed by atoms with Crippen molar-refractivity contribution in [1.82, 2.24) is 14.8 Å². The van der Waals surface area contributed by atoms with Gasteiger partial charge >= 0.3 is 0 Å². The van der Waals surface area contributed by atoms with Crippen molar-refractivity contribution >= 4 is 51.2 Å². The number of rotatable bonds is 5. The molecule has 7 nitrogen and oxygen atoms in total. The SMILES string of the molecule is O=C(Nc1cccc2cn(CCC(=O)N3CCNCC3)c(O)c12)c1ccc(Cl)s1. The van der Waals surface area contributed by atoms with Gasteiger partial charge in [0.1, 0.15) is 0 Å². The molecule has 4 rings (SSSR count). The summed E-state index contributed by atoms with van der Waals surface area (Å²) in [6, 6.07) is 8.75. The van der Waals surface area contributed by atoms with Gasteiger partial charge in [0.15, 0.2) is 0 Å². The minimum absolute atomic E-state index is 0.0354. The molecule has 0 aliphatic carbocycles. The average Bonchev–Trinajstić information content (AvgIpc) is 3.31. The molecule has 3 N–H and O–H groups in total. The number of carbonyl (C=O) groups is 2. The zero-order valence-electron chi connectivity index (χ0n) is 15.7. The number of aromatic nitrogens is 1. The van der Waals surface area contributed by atoms with Crippen LogP contribution in [0.3, 0.4) is 0 Å². The standard InChI is InChI=1S/C20H21ClN4O3S/c21-16-5-4-15(29-16)19(27)23-14-3-1-2-13-12-25(20(28)18(13)14)9-6-17(26)24-10-7-22-8-11-24/h1-5,12,22,28H,6-11H2,(H,23,27). The van der Waals surface area contributed by atoms with Crippen molar-refractivity contribution < 1.29 is 14.7 Å². The van der Waals surface area contributed by atoms with Gasteiger partial charge in [-0.2, -0.15) is 0 Å². The second-order valence-corrected chi connectivity index (χ2v) is 8.57. The number of hydrogen-bond donors (Lipinski definition) is 3. The molecule has 0 spiro atoms. The molecule has 2 amide bonds. The van der Waals surface area contributed by atoms with Crippen molar-refractivity contribution in [1.29, 1.82) is 0 Å². The number of amides is 2. The molecular formula is C20H21ClN4O3S. The van der Waals surface area contributed by atoms with Crippen LogP contribution in [0.5, 0.6) is 5.88 Å². The van der Waals surface area contributed by atoms with Crippen LogP contribution in [-0.4, -0.2) is 52.6 Å². The maximum atomic E-state index is 12.5. The van der Waals surface area contributed by atoms with Gasteiger partial charge in [-0.15, -0.1) is 11.3 Å². The van der Waals surface area contributed by atoms with E-state index in [1.165, 1.54) is 11.3 Å². The number of aryl methyl sites for hydroxylation is 1. The van der Waals surface area contributed by atoms with Crippen molar-refractivity contribution in [2.75, 3.05) is 31.5 Å². The summed E-state index contributed by atoms with van der Waals surface area (Å²) < 4.78 is 2.19. The van der Waals surface area contributed by atoms with E-state index < -0.39 is 0 Å². The Balaban J connectivity index is 1.51. The fourth-order valence-corrected chi connectivity index (χ4v) is 4.42. The van der Waals surface area contributed by atoms with Crippen LogP contribution in [0.4, 0.5) is 5.69 Å². The number of halogens is 1. The number of carbonyl (C=O) groups excluding carboxylic acids is 2. The monoisotopic (exact) mass is 432 g/mol. The van der Waals surface area contributed by atoms with E-state index in [1.807, 2.05) is 17.0 Å². The molecule has 1 aromatic carbocycles. The molecule has 1 fully saturated rings. The topological polar surface area (TPSA) is 86.6 Å². The van der Waals surface area contributed by atoms with Crippen LogP contribution in [-0.2, 0) is 11.3 Å². The van der Waals surface area contributed by atoms with Crippen LogP contribution >= 0.6 is 22.9 Å². The van der Waals surface area contributed by atoms with Crippen LogP contribution in [0.15, 0.2) is 36.5 Å². The maximum Gasteiger partial charge on any atom is 0.265 e. The molecule has 9 heteroatoms. The lowest BCUT2D eigenvalue weighted by Gasteiger charge is -2.27. The van der Waals surface area contributed by atoms with E-state index in [9.17, 15) is 14.7 Å². The lowest BCUT2D eigenvalue weighted by molar-refractivity contribution is -0.132. The minimum Gasteiger partial charge on any atom is -0.494 e. The van der Waals surface area contributed by atoms with E-state index in [1.54, 1.807) is 29.0 Å². The first-order chi connectivity index (χ1) is 14.0. The fourth-order valence-electron chi connectivity index (χ4n) is 3.48. The van der Waals surface area contributed by atoms with Gasteiger partial charge in [-0.05, 0) is 18.2 Å². The molecule has 29 heavy (non-hydrogen) atoms. The number of aromatic hydroxyl groups is 1. The largest absolute Gasteiger partial charge is 0.494 e. The molecule has 0 radical (unpaired) electrons. The van der Waals surface area contributed by atoms with Gasteiger partial charge in [-0.3, -0.25) is 9.59 Å². The van der Waals surface area contributed by atoms with E-state index in [2.05, 4.69) is 10.6 Å². The number of anilines is 1. The average molecular weight is 433 g/mol. The maximum absolute atomic E-state index is 12.5. The number of fused-ring (bicyclic) bond motifs is 1. The van der Waals surface area contributed by atoms with E-state index in [0.717, 1.165) is 18.5 Å². The third-order valence-corrected chi connectivity index (χ3v) is 6.20. The number of benzene rings is 1. The van der Waals surface area contributed by atoms with Crippen molar-refractivity contribution in [3.8, 4) is 5.88 Å². The van der Waals surface area contributed by atoms with Gasteiger partial charge in [0.2, 0.25) is 11.8 Å². The van der Waals surface area contributed by atoms with Crippen molar-refractivity contribution in [2.24, 2.45) is 0 Å². The molecule has 1 aliphatic heterocycles. The normalized spacial score (nSPS) is 14.3. The van der Waals surface area contributed by atoms with Crippen molar-refractivity contribution in [3.63, 3.8) is 0 Å². The Morgan fingerprint density at radius 1 is 1.21 bits per heavy atom. The molecule has 3 heterocycles. The van der Waals surface area contributed by atoms with Crippen LogP contribution in [0.25, 0.3) is 10.8 Å². The summed E-state index contributed by atoms with van der Waals surface area (Å²) in [5.74, 6) is -0.171. The summed E-state index contributed by atoms with van der Waals surface area (Å²) in [7, 11) is 0. The summed E-state index contributed by atoms with van der Waals surface area (Å²) in [6.45, 7) is 3.41. The summed E-state index contributed by atoms with van der Waals surface area (Å²) >= 11 is 7.10. The number of piperazine rings is 1. The Morgan fingerprint density at radius 2 is 2.00 bits per heavy atom. The third-order valence-electron chi connectivity index (χ3n) is 4.97. The first kappa shape index (κ1) is 19.8. The molecule has 0 atom stereocenters. The highest BCUT2D eigenvalue weighted by molar-refractivity contribution is 7.18. The highest BCUT2D eigenvalue weighted by atomic mass is 35.5. The number of nitrogens with zero attached hydrogens (tertiary/aromatic N) is 2. The second-order valence-electron chi connectivity index (χ2n) is 6.85. The molecule has 3 aromatic rings. The highest BCUT2D eigenvalue weighted by Crippen LogP contribution is 2.34. The lowest BCUT2D eigenvalue weighted by atomic mass is 10.2. The minimum atomic E-state index is -0.282. The predicted molar refractivity (Wildman–Crippen MR) is 115 cm³/mol. The van der Waals surface area contributed by atoms with E-state index in [0.29, 0.717) is 46.3 Å². The number of hydrogen-bond acceptors (Lipinski definition) is 5. The first-order valence-electron chi connectivity index (χ1n) is 9.39. The predicted octanol–water partition coefficient (Wildman–Crippen LogP) is 3.14. The zero-order chi connectivity index (χ0) is 20.4. The summed E-state index contributed by atoms with van der Waals surface area (Å²) in [5.41, 5.74) is 0.515. The van der Waals surface area contributed by atoms with Gasteiger partial charge in [0.05, 0.1) is 20.3 Å². The highest BCUT2D eigenvalue weighted by Gasteiger charge is 2.19. The Hall–Kier alpha value is -2.55. The van der Waals surface area contributed by atoms with E-state index in [4.69, 9.17) is 11.6 Å². The molecular weight excluding hydrogens is 412 g/mol. The van der Waals surface area contributed by atoms with E-state index >= 15 is 0 Å². The Bertz CT molecular complexity index is 1060.